The molecule has 1 saturated carbocycles. The molecule has 1 aromatic heterocycles. The molecule has 212 valence electrons. The van der Waals surface area contributed by atoms with E-state index in [1.807, 2.05) is 45.0 Å². The van der Waals surface area contributed by atoms with Gasteiger partial charge in [0.1, 0.15) is 17.0 Å². The molecule has 39 heavy (non-hydrogen) atoms. The normalized spacial score (nSPS) is 17.7. The van der Waals surface area contributed by atoms with Crippen molar-refractivity contribution in [1.29, 1.82) is 0 Å². The minimum Gasteiger partial charge on any atom is -0.497 e. The minimum absolute atomic E-state index is 0.0872. The van der Waals surface area contributed by atoms with Crippen molar-refractivity contribution in [2.75, 3.05) is 13.7 Å². The fraction of sp³-hybridized carbons (Fsp3) is 0.500. The van der Waals surface area contributed by atoms with Crippen LogP contribution in [0, 0.1) is 12.8 Å². The van der Waals surface area contributed by atoms with E-state index in [4.69, 9.17) is 21.1 Å². The number of aryl methyl sites for hydroxylation is 1. The lowest BCUT2D eigenvalue weighted by molar-refractivity contribution is 0.0483. The summed E-state index contributed by atoms with van der Waals surface area (Å²) in [6, 6.07) is 10.9. The Morgan fingerprint density at radius 3 is 2.54 bits per heavy atom. The predicted molar refractivity (Wildman–Crippen MR) is 150 cm³/mol. The molecule has 11 heteroatoms. The van der Waals surface area contributed by atoms with Gasteiger partial charge >= 0.3 is 6.09 Å². The van der Waals surface area contributed by atoms with Crippen molar-refractivity contribution in [2.24, 2.45) is 22.6 Å². The summed E-state index contributed by atoms with van der Waals surface area (Å²) in [6.07, 6.45) is 3.10. The van der Waals surface area contributed by atoms with Crippen molar-refractivity contribution in [3.63, 3.8) is 0 Å². The lowest BCUT2D eigenvalue weighted by atomic mass is 9.86. The third kappa shape index (κ3) is 9.75. The van der Waals surface area contributed by atoms with Crippen LogP contribution >= 0.6 is 0 Å². The quantitative estimate of drug-likeness (QED) is 0.164. The van der Waals surface area contributed by atoms with Gasteiger partial charge in [-0.3, -0.25) is 4.79 Å². The molecule has 0 bridgehead atoms. The SMILES string of the molecule is COc1cccc(CNC(=O)c2cc(/C(N)=N/N(N)CC3CCC(NC(=O)OC(C)(C)C)CC3)cc(C)n2)c1. The highest BCUT2D eigenvalue weighted by Gasteiger charge is 2.25. The Bertz CT molecular complexity index is 1170. The molecule has 0 spiro atoms. The lowest BCUT2D eigenvalue weighted by Crippen LogP contribution is -2.42. The highest BCUT2D eigenvalue weighted by molar-refractivity contribution is 6.00. The van der Waals surface area contributed by atoms with Crippen LogP contribution in [0.15, 0.2) is 41.5 Å². The van der Waals surface area contributed by atoms with Crippen LogP contribution < -0.4 is 26.9 Å². The van der Waals surface area contributed by atoms with Gasteiger partial charge in [-0.25, -0.2) is 20.7 Å². The first-order valence-corrected chi connectivity index (χ1v) is 13.2. The molecule has 1 aliphatic rings. The second-order valence-electron chi connectivity index (χ2n) is 10.9. The molecule has 0 unspecified atom stereocenters. The van der Waals surface area contributed by atoms with Gasteiger partial charge in [-0.1, -0.05) is 12.1 Å². The number of ether oxygens (including phenoxy) is 2. The molecule has 1 fully saturated rings. The van der Waals surface area contributed by atoms with Crippen molar-refractivity contribution >= 4 is 17.8 Å². The van der Waals surface area contributed by atoms with E-state index in [2.05, 4.69) is 20.7 Å². The molecule has 0 aliphatic heterocycles. The number of pyridine rings is 1. The van der Waals surface area contributed by atoms with Gasteiger partial charge in [0.25, 0.3) is 5.91 Å². The number of amides is 2. The summed E-state index contributed by atoms with van der Waals surface area (Å²) >= 11 is 0. The van der Waals surface area contributed by atoms with Crippen LogP contribution in [0.4, 0.5) is 4.79 Å². The number of hydrogen-bond acceptors (Lipinski definition) is 8. The van der Waals surface area contributed by atoms with E-state index in [9.17, 15) is 9.59 Å². The van der Waals surface area contributed by atoms with Crippen LogP contribution in [0.1, 0.15) is 73.8 Å². The number of methoxy groups -OCH3 is 1. The average molecular weight is 540 g/mol. The second-order valence-corrected chi connectivity index (χ2v) is 10.9. The molecule has 2 amide bonds. The molecule has 1 aromatic carbocycles. The fourth-order valence-corrected chi connectivity index (χ4v) is 4.45. The highest BCUT2D eigenvalue weighted by atomic mass is 16.6. The Labute approximate surface area is 230 Å². The van der Waals surface area contributed by atoms with Crippen molar-refractivity contribution in [3.05, 3.63) is 58.9 Å². The van der Waals surface area contributed by atoms with E-state index >= 15 is 0 Å². The Morgan fingerprint density at radius 2 is 1.87 bits per heavy atom. The number of benzene rings is 1. The van der Waals surface area contributed by atoms with E-state index < -0.39 is 5.60 Å². The number of carbonyl (C=O) groups excluding carboxylic acids is 2. The van der Waals surface area contributed by atoms with Crippen LogP contribution in [-0.2, 0) is 11.3 Å². The Morgan fingerprint density at radius 1 is 1.15 bits per heavy atom. The van der Waals surface area contributed by atoms with Crippen LogP contribution in [0.2, 0.25) is 0 Å². The number of aromatic nitrogens is 1. The number of hydrogen-bond donors (Lipinski definition) is 4. The third-order valence-corrected chi connectivity index (χ3v) is 6.32. The largest absolute Gasteiger partial charge is 0.497 e. The number of nitrogens with zero attached hydrogens (tertiary/aromatic N) is 3. The number of nitrogens with two attached hydrogens (primary N) is 2. The number of nitrogens with one attached hydrogen (secondary N) is 2. The summed E-state index contributed by atoms with van der Waals surface area (Å²) in [6.45, 7) is 8.18. The highest BCUT2D eigenvalue weighted by Crippen LogP contribution is 2.25. The first kappa shape index (κ1) is 29.7. The summed E-state index contributed by atoms with van der Waals surface area (Å²) in [7, 11) is 1.60. The Kier molecular flexibility index (Phi) is 10.1. The lowest BCUT2D eigenvalue weighted by Gasteiger charge is -2.31. The number of alkyl carbamates (subject to hydrolysis) is 1. The molecule has 0 radical (unpaired) electrons. The number of carbonyl (C=O) groups is 2. The van der Waals surface area contributed by atoms with E-state index in [1.54, 1.807) is 26.2 Å². The number of hydrazone groups is 1. The van der Waals surface area contributed by atoms with Gasteiger partial charge in [-0.05, 0) is 89.1 Å². The first-order valence-electron chi connectivity index (χ1n) is 13.2. The average Bonchev–Trinajstić information content (AvgIpc) is 2.87. The van der Waals surface area contributed by atoms with Crippen LogP contribution in [0.25, 0.3) is 0 Å². The standard InChI is InChI=1S/C28H41N7O4/c1-18-13-21(15-24(32-18)26(36)31-16-20-7-6-8-23(14-20)38-5)25(29)34-35(30)17-19-9-11-22(12-10-19)33-27(37)39-28(2,3)4/h6-8,13-15,19,22H,9-12,16-17,30H2,1-5H3,(H2,29,34)(H,31,36)(H,33,37). The summed E-state index contributed by atoms with van der Waals surface area (Å²) in [5, 5.41) is 11.5. The smallest absolute Gasteiger partial charge is 0.407 e. The summed E-state index contributed by atoms with van der Waals surface area (Å²) in [5.41, 5.74) is 8.09. The Hall–Kier alpha value is -3.86. The predicted octanol–water partition coefficient (Wildman–Crippen LogP) is 3.21. The molecular formula is C28H41N7O4. The van der Waals surface area contributed by atoms with Gasteiger partial charge in [0.05, 0.1) is 13.7 Å². The van der Waals surface area contributed by atoms with Crippen LogP contribution in [-0.4, -0.2) is 53.2 Å². The maximum absolute atomic E-state index is 12.8. The molecule has 3 rings (SSSR count). The van der Waals surface area contributed by atoms with E-state index in [-0.39, 0.29) is 29.6 Å². The maximum atomic E-state index is 12.8. The zero-order valence-electron chi connectivity index (χ0n) is 23.5. The summed E-state index contributed by atoms with van der Waals surface area (Å²) in [4.78, 5) is 29.2. The van der Waals surface area contributed by atoms with Crippen molar-refractivity contribution in [1.82, 2.24) is 20.7 Å². The van der Waals surface area contributed by atoms with Crippen molar-refractivity contribution in [3.8, 4) is 5.75 Å². The molecule has 2 aromatic rings. The summed E-state index contributed by atoms with van der Waals surface area (Å²) < 4.78 is 10.6. The fourth-order valence-electron chi connectivity index (χ4n) is 4.45. The Balaban J connectivity index is 1.53. The third-order valence-electron chi connectivity index (χ3n) is 6.32. The molecule has 1 heterocycles. The van der Waals surface area contributed by atoms with Crippen molar-refractivity contribution < 1.29 is 19.1 Å². The van der Waals surface area contributed by atoms with E-state index in [1.165, 1.54) is 5.12 Å². The van der Waals surface area contributed by atoms with Gasteiger partial charge in [0, 0.05) is 23.8 Å². The number of hydrazine groups is 1. The topological polar surface area (TPSA) is 157 Å². The number of amidine groups is 1. The zero-order valence-corrected chi connectivity index (χ0v) is 23.5. The molecule has 6 N–H and O–H groups in total. The van der Waals surface area contributed by atoms with Crippen LogP contribution in [0.5, 0.6) is 5.75 Å². The molecule has 0 saturated heterocycles. The maximum Gasteiger partial charge on any atom is 0.407 e. The second kappa shape index (κ2) is 13.3. The minimum atomic E-state index is -0.520. The molecule has 1 aliphatic carbocycles. The molecule has 0 atom stereocenters. The summed E-state index contributed by atoms with van der Waals surface area (Å²) in [5.74, 6) is 7.09. The van der Waals surface area contributed by atoms with E-state index in [0.717, 1.165) is 37.0 Å². The van der Waals surface area contributed by atoms with Crippen molar-refractivity contribution in [2.45, 2.75) is 71.6 Å². The van der Waals surface area contributed by atoms with Gasteiger partial charge < -0.3 is 25.8 Å². The molecule has 11 nitrogen and oxygen atoms in total. The van der Waals surface area contributed by atoms with Gasteiger partial charge in [0.2, 0.25) is 0 Å². The monoisotopic (exact) mass is 539 g/mol. The number of rotatable bonds is 9. The van der Waals surface area contributed by atoms with Gasteiger partial charge in [-0.15, -0.1) is 5.10 Å². The molecular weight excluding hydrogens is 498 g/mol. The van der Waals surface area contributed by atoms with Gasteiger partial charge in [0.15, 0.2) is 5.84 Å². The van der Waals surface area contributed by atoms with Crippen LogP contribution in [0.3, 0.4) is 0 Å². The van der Waals surface area contributed by atoms with E-state index in [0.29, 0.717) is 30.3 Å². The zero-order chi connectivity index (χ0) is 28.6. The first-order chi connectivity index (χ1) is 18.4. The van der Waals surface area contributed by atoms with Gasteiger partial charge in [-0.2, -0.15) is 0 Å².